The second kappa shape index (κ2) is 4.31. The van der Waals surface area contributed by atoms with Crippen LogP contribution in [-0.2, 0) is 13.6 Å². The second-order valence-electron chi connectivity index (χ2n) is 2.79. The Morgan fingerprint density at radius 2 is 2.38 bits per heavy atom. The average molecular weight is 198 g/mol. The monoisotopic (exact) mass is 197 g/mol. The Balaban J connectivity index is 2.71. The zero-order chi connectivity index (χ0) is 9.84. The summed E-state index contributed by atoms with van der Waals surface area (Å²) in [5.41, 5.74) is 1.96. The number of nitrogens with one attached hydrogen (secondary N) is 1. The van der Waals surface area contributed by atoms with Crippen molar-refractivity contribution in [1.29, 1.82) is 0 Å². The highest BCUT2D eigenvalue weighted by molar-refractivity contribution is 6.30. The predicted molar refractivity (Wildman–Crippen MR) is 53.5 cm³/mol. The maximum atomic E-state index is 6.00. The third-order valence-corrected chi connectivity index (χ3v) is 2.27. The molecule has 1 heterocycles. The molecule has 0 aliphatic carbocycles. The Morgan fingerprint density at radius 3 is 2.85 bits per heavy atom. The van der Waals surface area contributed by atoms with E-state index in [2.05, 4.69) is 16.3 Å². The molecule has 4 heteroatoms. The summed E-state index contributed by atoms with van der Waals surface area (Å²) in [5.74, 6) is 2.50. The fourth-order valence-electron chi connectivity index (χ4n) is 1.13. The molecule has 0 saturated carbocycles. The van der Waals surface area contributed by atoms with E-state index in [0.717, 1.165) is 11.3 Å². The molecular weight excluding hydrogens is 186 g/mol. The number of halogens is 1. The molecule has 0 aliphatic heterocycles. The van der Waals surface area contributed by atoms with Crippen LogP contribution in [0.15, 0.2) is 0 Å². The van der Waals surface area contributed by atoms with Gasteiger partial charge in [0, 0.05) is 19.2 Å². The molecule has 1 rings (SSSR count). The second-order valence-corrected chi connectivity index (χ2v) is 3.14. The van der Waals surface area contributed by atoms with Gasteiger partial charge in [-0.3, -0.25) is 4.68 Å². The summed E-state index contributed by atoms with van der Waals surface area (Å²) in [5, 5.41) is 7.92. The van der Waals surface area contributed by atoms with Gasteiger partial charge in [-0.25, -0.2) is 0 Å². The summed E-state index contributed by atoms with van der Waals surface area (Å²) in [6.45, 7) is 3.14. The molecule has 70 valence electrons. The highest BCUT2D eigenvalue weighted by atomic mass is 35.5. The van der Waals surface area contributed by atoms with Crippen molar-refractivity contribution in [3.63, 3.8) is 0 Å². The summed E-state index contributed by atoms with van der Waals surface area (Å²) >= 11 is 6.00. The highest BCUT2D eigenvalue weighted by Crippen LogP contribution is 2.17. The number of aryl methyl sites for hydroxylation is 2. The minimum absolute atomic E-state index is 0.546. The van der Waals surface area contributed by atoms with Gasteiger partial charge in [0.2, 0.25) is 0 Å². The van der Waals surface area contributed by atoms with Crippen LogP contribution in [0.2, 0.25) is 5.15 Å². The normalized spacial score (nSPS) is 10.0. The molecule has 0 amide bonds. The molecule has 0 fully saturated rings. The third kappa shape index (κ3) is 2.24. The molecule has 13 heavy (non-hydrogen) atoms. The fraction of sp³-hybridized carbons (Fsp3) is 0.444. The van der Waals surface area contributed by atoms with Crippen LogP contribution in [-0.4, -0.2) is 16.3 Å². The van der Waals surface area contributed by atoms with E-state index in [4.69, 9.17) is 18.0 Å². The SMILES string of the molecule is C#CCNCc1c(C)nn(C)c1Cl. The van der Waals surface area contributed by atoms with E-state index in [1.54, 1.807) is 4.68 Å². The first-order valence-electron chi connectivity index (χ1n) is 3.99. The first-order chi connectivity index (χ1) is 6.16. The summed E-state index contributed by atoms with van der Waals surface area (Å²) in [6.07, 6.45) is 5.11. The van der Waals surface area contributed by atoms with Gasteiger partial charge in [0.05, 0.1) is 12.2 Å². The minimum atomic E-state index is 0.546. The zero-order valence-electron chi connectivity index (χ0n) is 7.76. The van der Waals surface area contributed by atoms with Crippen LogP contribution in [0.25, 0.3) is 0 Å². The maximum Gasteiger partial charge on any atom is 0.131 e. The highest BCUT2D eigenvalue weighted by Gasteiger charge is 2.09. The predicted octanol–water partition coefficient (Wildman–Crippen LogP) is 1.10. The van der Waals surface area contributed by atoms with Crippen molar-refractivity contribution in [2.45, 2.75) is 13.5 Å². The van der Waals surface area contributed by atoms with Crippen LogP contribution < -0.4 is 5.32 Å². The molecule has 3 nitrogen and oxygen atoms in total. The molecule has 0 radical (unpaired) electrons. The van der Waals surface area contributed by atoms with Crippen LogP contribution in [0.3, 0.4) is 0 Å². The third-order valence-electron chi connectivity index (χ3n) is 1.80. The molecule has 1 N–H and O–H groups in total. The van der Waals surface area contributed by atoms with E-state index in [1.165, 1.54) is 0 Å². The molecule has 0 aromatic carbocycles. The van der Waals surface area contributed by atoms with E-state index >= 15 is 0 Å². The van der Waals surface area contributed by atoms with Crippen molar-refractivity contribution in [3.05, 3.63) is 16.4 Å². The summed E-state index contributed by atoms with van der Waals surface area (Å²) < 4.78 is 1.66. The first kappa shape index (κ1) is 10.1. The van der Waals surface area contributed by atoms with Crippen molar-refractivity contribution in [2.75, 3.05) is 6.54 Å². The van der Waals surface area contributed by atoms with E-state index in [1.807, 2.05) is 14.0 Å². The largest absolute Gasteiger partial charge is 0.302 e. The lowest BCUT2D eigenvalue weighted by Crippen LogP contribution is -2.13. The molecule has 0 spiro atoms. The molecular formula is C9H12ClN3. The number of nitrogens with zero attached hydrogens (tertiary/aromatic N) is 2. The molecule has 0 atom stereocenters. The number of terminal acetylenes is 1. The van der Waals surface area contributed by atoms with E-state index in [9.17, 15) is 0 Å². The number of hydrogen-bond acceptors (Lipinski definition) is 2. The van der Waals surface area contributed by atoms with Gasteiger partial charge in [-0.2, -0.15) is 5.10 Å². The summed E-state index contributed by atoms with van der Waals surface area (Å²) in [6, 6.07) is 0. The topological polar surface area (TPSA) is 29.9 Å². The van der Waals surface area contributed by atoms with Crippen molar-refractivity contribution in [3.8, 4) is 12.3 Å². The molecule has 0 bridgehead atoms. The summed E-state index contributed by atoms with van der Waals surface area (Å²) in [4.78, 5) is 0. The number of rotatable bonds is 3. The van der Waals surface area contributed by atoms with Gasteiger partial charge in [-0.1, -0.05) is 17.5 Å². The van der Waals surface area contributed by atoms with E-state index < -0.39 is 0 Å². The Labute approximate surface area is 83.1 Å². The van der Waals surface area contributed by atoms with Crippen molar-refractivity contribution < 1.29 is 0 Å². The summed E-state index contributed by atoms with van der Waals surface area (Å²) in [7, 11) is 1.82. The molecule has 0 unspecified atom stereocenters. The van der Waals surface area contributed by atoms with Crippen molar-refractivity contribution >= 4 is 11.6 Å². The molecule has 0 aliphatic rings. The van der Waals surface area contributed by atoms with Gasteiger partial charge in [0.25, 0.3) is 0 Å². The van der Waals surface area contributed by atoms with Crippen molar-refractivity contribution in [1.82, 2.24) is 15.1 Å². The Bertz CT molecular complexity index is 335. The zero-order valence-corrected chi connectivity index (χ0v) is 8.52. The van der Waals surface area contributed by atoms with Gasteiger partial charge in [0.1, 0.15) is 5.15 Å². The molecule has 0 saturated heterocycles. The fourth-order valence-corrected chi connectivity index (χ4v) is 1.38. The van der Waals surface area contributed by atoms with Crippen LogP contribution in [0.4, 0.5) is 0 Å². The van der Waals surface area contributed by atoms with Crippen LogP contribution >= 0.6 is 11.6 Å². The van der Waals surface area contributed by atoms with Crippen LogP contribution in [0.5, 0.6) is 0 Å². The minimum Gasteiger partial charge on any atom is -0.302 e. The average Bonchev–Trinajstić information content (AvgIpc) is 2.32. The van der Waals surface area contributed by atoms with Crippen LogP contribution in [0.1, 0.15) is 11.3 Å². The van der Waals surface area contributed by atoms with Crippen molar-refractivity contribution in [2.24, 2.45) is 7.05 Å². The Hall–Kier alpha value is -0.980. The first-order valence-corrected chi connectivity index (χ1v) is 4.36. The van der Waals surface area contributed by atoms with E-state index in [0.29, 0.717) is 18.2 Å². The van der Waals surface area contributed by atoms with Crippen LogP contribution in [0, 0.1) is 19.3 Å². The van der Waals surface area contributed by atoms with Gasteiger partial charge in [0.15, 0.2) is 0 Å². The smallest absolute Gasteiger partial charge is 0.131 e. The number of hydrogen-bond donors (Lipinski definition) is 1. The number of aromatic nitrogens is 2. The van der Waals surface area contributed by atoms with Gasteiger partial charge >= 0.3 is 0 Å². The van der Waals surface area contributed by atoms with Gasteiger partial charge in [-0.05, 0) is 6.92 Å². The van der Waals surface area contributed by atoms with Gasteiger partial charge in [-0.15, -0.1) is 6.42 Å². The Kier molecular flexibility index (Phi) is 3.35. The lowest BCUT2D eigenvalue weighted by atomic mass is 10.2. The van der Waals surface area contributed by atoms with Gasteiger partial charge < -0.3 is 5.32 Å². The lowest BCUT2D eigenvalue weighted by molar-refractivity contribution is 0.754. The molecule has 1 aromatic heterocycles. The molecule has 1 aromatic rings. The maximum absolute atomic E-state index is 6.00. The quantitative estimate of drug-likeness (QED) is 0.581. The lowest BCUT2D eigenvalue weighted by Gasteiger charge is -1.99. The standard InChI is InChI=1S/C9H12ClN3/c1-4-5-11-6-8-7(2)12-13(3)9(8)10/h1,11H,5-6H2,2-3H3. The van der Waals surface area contributed by atoms with E-state index in [-0.39, 0.29) is 0 Å². The Morgan fingerprint density at radius 1 is 1.69 bits per heavy atom.